The first-order valence-electron chi connectivity index (χ1n) is 8.68. The lowest BCUT2D eigenvalue weighted by Gasteiger charge is -2.11. The minimum absolute atomic E-state index is 0.188. The van der Waals surface area contributed by atoms with Crippen molar-refractivity contribution in [3.63, 3.8) is 0 Å². The highest BCUT2D eigenvalue weighted by Gasteiger charge is 2.16. The van der Waals surface area contributed by atoms with E-state index in [1.807, 2.05) is 49.6 Å². The Morgan fingerprint density at radius 3 is 2.58 bits per heavy atom. The van der Waals surface area contributed by atoms with Crippen LogP contribution < -0.4 is 0 Å². The summed E-state index contributed by atoms with van der Waals surface area (Å²) in [7, 11) is 0. The summed E-state index contributed by atoms with van der Waals surface area (Å²) in [5, 5.41) is 1.16. The van der Waals surface area contributed by atoms with Crippen molar-refractivity contribution in [1.29, 1.82) is 0 Å². The van der Waals surface area contributed by atoms with Crippen LogP contribution in [0.2, 0.25) is 0 Å². The van der Waals surface area contributed by atoms with E-state index < -0.39 is 0 Å². The molecule has 2 aromatic carbocycles. The maximum absolute atomic E-state index is 10.7. The molecule has 0 fully saturated rings. The van der Waals surface area contributed by atoms with Crippen molar-refractivity contribution < 1.29 is 9.53 Å². The third-order valence-electron chi connectivity index (χ3n) is 4.60. The summed E-state index contributed by atoms with van der Waals surface area (Å²) in [6.45, 7) is 2.42. The van der Waals surface area contributed by atoms with Crippen molar-refractivity contribution >= 4 is 17.4 Å². The Labute approximate surface area is 152 Å². The SMILES string of the molecule is CC(Cc1[nH]c2ccc(-n3cccc3)cc2c1-c1ccccc1)OC=O. The molecule has 26 heavy (non-hydrogen) atoms. The number of carbonyl (C=O) groups excluding carboxylic acids is 1. The Balaban J connectivity index is 1.88. The quantitative estimate of drug-likeness (QED) is 0.514. The van der Waals surface area contributed by atoms with E-state index in [-0.39, 0.29) is 6.10 Å². The van der Waals surface area contributed by atoms with Gasteiger partial charge in [-0.3, -0.25) is 4.79 Å². The number of H-pyrrole nitrogens is 1. The molecule has 4 nitrogen and oxygen atoms in total. The molecule has 0 spiro atoms. The van der Waals surface area contributed by atoms with Gasteiger partial charge in [-0.1, -0.05) is 30.3 Å². The van der Waals surface area contributed by atoms with Gasteiger partial charge in [0.25, 0.3) is 6.47 Å². The average Bonchev–Trinajstić information content (AvgIpc) is 3.29. The van der Waals surface area contributed by atoms with Crippen LogP contribution in [-0.4, -0.2) is 22.1 Å². The van der Waals surface area contributed by atoms with Crippen molar-refractivity contribution in [3.8, 4) is 16.8 Å². The van der Waals surface area contributed by atoms with Crippen molar-refractivity contribution in [1.82, 2.24) is 9.55 Å². The number of rotatable bonds is 6. The molecule has 0 radical (unpaired) electrons. The summed E-state index contributed by atoms with van der Waals surface area (Å²) < 4.78 is 7.21. The number of carbonyl (C=O) groups is 1. The third-order valence-corrected chi connectivity index (χ3v) is 4.60. The van der Waals surface area contributed by atoms with Crippen LogP contribution in [0.15, 0.2) is 73.1 Å². The summed E-state index contributed by atoms with van der Waals surface area (Å²) in [5.74, 6) is 0. The predicted octanol–water partition coefficient (Wildman–Crippen LogP) is 4.73. The van der Waals surface area contributed by atoms with Crippen LogP contribution in [0.5, 0.6) is 0 Å². The minimum Gasteiger partial charge on any atom is -0.464 e. The van der Waals surface area contributed by atoms with Crippen molar-refractivity contribution in [2.75, 3.05) is 0 Å². The second-order valence-electron chi connectivity index (χ2n) is 6.41. The molecule has 0 saturated carbocycles. The molecule has 4 heteroatoms. The Morgan fingerprint density at radius 1 is 1.08 bits per heavy atom. The van der Waals surface area contributed by atoms with E-state index in [2.05, 4.69) is 39.9 Å². The van der Waals surface area contributed by atoms with Crippen LogP contribution in [0.1, 0.15) is 12.6 Å². The first-order valence-corrected chi connectivity index (χ1v) is 8.68. The van der Waals surface area contributed by atoms with Crippen molar-refractivity contribution in [3.05, 3.63) is 78.8 Å². The molecule has 1 atom stereocenters. The molecule has 0 amide bonds. The number of nitrogens with zero attached hydrogens (tertiary/aromatic N) is 1. The topological polar surface area (TPSA) is 47.0 Å². The van der Waals surface area contributed by atoms with Gasteiger partial charge in [-0.25, -0.2) is 0 Å². The fraction of sp³-hybridized carbons (Fsp3) is 0.136. The van der Waals surface area contributed by atoms with Crippen LogP contribution in [0.25, 0.3) is 27.7 Å². The van der Waals surface area contributed by atoms with Gasteiger partial charge in [0.1, 0.15) is 6.10 Å². The zero-order chi connectivity index (χ0) is 17.9. The van der Waals surface area contributed by atoms with Crippen LogP contribution >= 0.6 is 0 Å². The number of hydrogen-bond donors (Lipinski definition) is 1. The number of ether oxygens (including phenoxy) is 1. The monoisotopic (exact) mass is 344 g/mol. The second kappa shape index (κ2) is 6.92. The highest BCUT2D eigenvalue weighted by atomic mass is 16.5. The number of hydrogen-bond acceptors (Lipinski definition) is 2. The Bertz CT molecular complexity index is 1020. The Morgan fingerprint density at radius 2 is 1.85 bits per heavy atom. The van der Waals surface area contributed by atoms with Gasteiger partial charge in [0.2, 0.25) is 0 Å². The van der Waals surface area contributed by atoms with Gasteiger partial charge in [0.15, 0.2) is 0 Å². The summed E-state index contributed by atoms with van der Waals surface area (Å²) in [6, 6.07) is 20.8. The number of benzene rings is 2. The fourth-order valence-corrected chi connectivity index (χ4v) is 3.42. The zero-order valence-electron chi connectivity index (χ0n) is 14.6. The second-order valence-corrected chi connectivity index (χ2v) is 6.41. The van der Waals surface area contributed by atoms with Gasteiger partial charge in [0.05, 0.1) is 0 Å². The standard InChI is InChI=1S/C22H20N2O2/c1-16(26-15-25)13-21-22(17-7-3-2-4-8-17)19-14-18(9-10-20(19)23-21)24-11-5-6-12-24/h2-12,14-16,23H,13H2,1H3. The third kappa shape index (κ3) is 3.02. The first kappa shape index (κ1) is 16.2. The predicted molar refractivity (Wildman–Crippen MR) is 103 cm³/mol. The fourth-order valence-electron chi connectivity index (χ4n) is 3.42. The number of aromatic amines is 1. The molecule has 4 rings (SSSR count). The molecule has 2 heterocycles. The molecule has 0 aliphatic heterocycles. The molecule has 0 aliphatic carbocycles. The molecule has 130 valence electrons. The largest absolute Gasteiger partial charge is 0.464 e. The molecule has 0 bridgehead atoms. The minimum atomic E-state index is -0.188. The van der Waals surface area contributed by atoms with Gasteiger partial charge in [0, 0.05) is 46.7 Å². The first-order chi connectivity index (χ1) is 12.8. The summed E-state index contributed by atoms with van der Waals surface area (Å²) in [5.41, 5.74) is 5.58. The van der Waals surface area contributed by atoms with Crippen LogP contribution in [-0.2, 0) is 16.0 Å². The molecular formula is C22H20N2O2. The highest BCUT2D eigenvalue weighted by Crippen LogP contribution is 2.34. The number of fused-ring (bicyclic) bond motifs is 1. The normalized spacial score (nSPS) is 12.2. The van der Waals surface area contributed by atoms with Gasteiger partial charge in [-0.2, -0.15) is 0 Å². The van der Waals surface area contributed by atoms with Gasteiger partial charge >= 0.3 is 0 Å². The van der Waals surface area contributed by atoms with E-state index in [0.717, 1.165) is 33.4 Å². The van der Waals surface area contributed by atoms with Gasteiger partial charge in [-0.05, 0) is 42.8 Å². The van der Waals surface area contributed by atoms with E-state index in [1.54, 1.807) is 0 Å². The van der Waals surface area contributed by atoms with E-state index in [0.29, 0.717) is 12.9 Å². The van der Waals surface area contributed by atoms with Gasteiger partial charge in [-0.15, -0.1) is 0 Å². The molecule has 4 aromatic rings. The lowest BCUT2D eigenvalue weighted by atomic mass is 9.99. The molecule has 0 aliphatic rings. The lowest BCUT2D eigenvalue weighted by molar-refractivity contribution is -0.132. The lowest BCUT2D eigenvalue weighted by Crippen LogP contribution is -2.11. The summed E-state index contributed by atoms with van der Waals surface area (Å²) in [6.07, 6.45) is 4.52. The van der Waals surface area contributed by atoms with Crippen LogP contribution in [0, 0.1) is 0 Å². The average molecular weight is 344 g/mol. The maximum atomic E-state index is 10.7. The Hall–Kier alpha value is -3.27. The van der Waals surface area contributed by atoms with E-state index in [1.165, 1.54) is 0 Å². The molecular weight excluding hydrogens is 324 g/mol. The number of aromatic nitrogens is 2. The maximum Gasteiger partial charge on any atom is 0.293 e. The zero-order valence-corrected chi connectivity index (χ0v) is 14.6. The molecule has 1 unspecified atom stereocenters. The number of nitrogens with one attached hydrogen (secondary N) is 1. The van der Waals surface area contributed by atoms with Crippen molar-refractivity contribution in [2.45, 2.75) is 19.4 Å². The Kier molecular flexibility index (Phi) is 4.32. The smallest absolute Gasteiger partial charge is 0.293 e. The van der Waals surface area contributed by atoms with Crippen LogP contribution in [0.3, 0.4) is 0 Å². The van der Waals surface area contributed by atoms with Gasteiger partial charge < -0.3 is 14.3 Å². The van der Waals surface area contributed by atoms with E-state index in [9.17, 15) is 4.79 Å². The summed E-state index contributed by atoms with van der Waals surface area (Å²) in [4.78, 5) is 14.2. The van der Waals surface area contributed by atoms with Crippen molar-refractivity contribution in [2.24, 2.45) is 0 Å². The molecule has 2 aromatic heterocycles. The molecule has 0 saturated heterocycles. The van der Waals surface area contributed by atoms with Crippen LogP contribution in [0.4, 0.5) is 0 Å². The molecule has 1 N–H and O–H groups in total. The van der Waals surface area contributed by atoms with E-state index >= 15 is 0 Å². The highest BCUT2D eigenvalue weighted by molar-refractivity contribution is 5.98. The summed E-state index contributed by atoms with van der Waals surface area (Å²) >= 11 is 0. The van der Waals surface area contributed by atoms with E-state index in [4.69, 9.17) is 4.74 Å².